The van der Waals surface area contributed by atoms with Gasteiger partial charge in [-0.1, -0.05) is 6.07 Å². The molecular weight excluding hydrogens is 527 g/mol. The summed E-state index contributed by atoms with van der Waals surface area (Å²) in [5, 5.41) is 11.8. The van der Waals surface area contributed by atoms with Gasteiger partial charge in [-0.25, -0.2) is 21.6 Å². The number of halogens is 3. The number of ether oxygens (including phenoxy) is 1. The molecule has 2 aliphatic heterocycles. The second-order valence-corrected chi connectivity index (χ2v) is 10.8. The smallest absolute Gasteiger partial charge is 0.261 e. The predicted octanol–water partition coefficient (Wildman–Crippen LogP) is 2.94. The van der Waals surface area contributed by atoms with E-state index in [9.17, 15) is 31.2 Å². The summed E-state index contributed by atoms with van der Waals surface area (Å²) >= 11 is 0. The molecule has 5 rings (SSSR count). The number of nitrogens with zero attached hydrogens (tertiary/aromatic N) is 2. The number of aromatic nitrogens is 2. The second-order valence-electron chi connectivity index (χ2n) is 8.83. The molecule has 0 unspecified atom stereocenters. The summed E-state index contributed by atoms with van der Waals surface area (Å²) in [6.07, 6.45) is 0.688. The van der Waals surface area contributed by atoms with Crippen molar-refractivity contribution in [2.24, 2.45) is 0 Å². The topological polar surface area (TPSA) is 133 Å². The molecule has 10 nitrogen and oxygen atoms in total. The van der Waals surface area contributed by atoms with Gasteiger partial charge in [0.2, 0.25) is 10.0 Å². The van der Waals surface area contributed by atoms with Gasteiger partial charge in [0.25, 0.3) is 11.8 Å². The zero-order valence-electron chi connectivity index (χ0n) is 19.8. The summed E-state index contributed by atoms with van der Waals surface area (Å²) < 4.78 is 74.5. The van der Waals surface area contributed by atoms with Crippen molar-refractivity contribution in [1.29, 1.82) is 0 Å². The van der Waals surface area contributed by atoms with E-state index >= 15 is 0 Å². The van der Waals surface area contributed by atoms with E-state index in [1.807, 2.05) is 0 Å². The highest BCUT2D eigenvalue weighted by atomic mass is 32.2. The number of nitrogens with one attached hydrogen (secondary N) is 3. The lowest BCUT2D eigenvalue weighted by molar-refractivity contribution is -0.124. The second kappa shape index (κ2) is 10.2. The van der Waals surface area contributed by atoms with Crippen LogP contribution in [0.25, 0.3) is 0 Å². The molecule has 1 aromatic heterocycles. The van der Waals surface area contributed by atoms with Gasteiger partial charge in [-0.05, 0) is 37.1 Å². The number of rotatable bonds is 6. The number of hydrogen-bond acceptors (Lipinski definition) is 6. The van der Waals surface area contributed by atoms with Crippen LogP contribution in [0.1, 0.15) is 34.5 Å². The summed E-state index contributed by atoms with van der Waals surface area (Å²) in [6.45, 7) is 0.164. The zero-order chi connectivity index (χ0) is 27.0. The van der Waals surface area contributed by atoms with Gasteiger partial charge in [0.05, 0.1) is 16.1 Å². The quantitative estimate of drug-likeness (QED) is 0.433. The molecule has 14 heteroatoms. The van der Waals surface area contributed by atoms with Crippen LogP contribution in [0.5, 0.6) is 0 Å². The molecule has 1 saturated heterocycles. The molecule has 38 heavy (non-hydrogen) atoms. The van der Waals surface area contributed by atoms with E-state index in [0.29, 0.717) is 36.8 Å². The minimum Gasteiger partial charge on any atom is -0.368 e. The van der Waals surface area contributed by atoms with Crippen molar-refractivity contribution < 1.29 is 35.9 Å². The van der Waals surface area contributed by atoms with Crippen molar-refractivity contribution >= 4 is 33.3 Å². The van der Waals surface area contributed by atoms with Crippen LogP contribution >= 0.6 is 0 Å². The number of H-pyrrole nitrogens is 1. The number of anilines is 2. The molecule has 3 N–H and O–H groups in total. The first-order chi connectivity index (χ1) is 18.1. The van der Waals surface area contributed by atoms with Gasteiger partial charge < -0.3 is 15.4 Å². The normalized spacial score (nSPS) is 17.7. The molecule has 3 heterocycles. The van der Waals surface area contributed by atoms with Crippen LogP contribution < -0.4 is 10.6 Å². The number of benzene rings is 2. The standard InChI is InChI=1S/C24H22F3N5O5S/c25-13-9-14(26)11-15(10-13)38(35,36)32-7-6-18-16(12-32)22(31-30-18)29-24(34)21-17(27)3-1-4-19(21)28-23(33)20-5-2-8-37-20/h1,3-4,9-11,20H,2,5-8,12H2,(H,28,33)(H2,29,30,31,34)/t20-/m1/s1. The molecule has 0 aliphatic carbocycles. The lowest BCUT2D eigenvalue weighted by Crippen LogP contribution is -2.36. The van der Waals surface area contributed by atoms with Gasteiger partial charge in [0.15, 0.2) is 5.82 Å². The molecule has 3 aromatic rings. The fourth-order valence-electron chi connectivity index (χ4n) is 4.43. The molecule has 0 spiro atoms. The first kappa shape index (κ1) is 25.9. The third-order valence-electron chi connectivity index (χ3n) is 6.32. The summed E-state index contributed by atoms with van der Waals surface area (Å²) in [5.74, 6) is -4.44. The van der Waals surface area contributed by atoms with E-state index in [0.717, 1.165) is 22.5 Å². The summed E-state index contributed by atoms with van der Waals surface area (Å²) in [6, 6.07) is 5.77. The average molecular weight is 550 g/mol. The molecule has 2 aromatic carbocycles. The lowest BCUT2D eigenvalue weighted by Gasteiger charge is -2.26. The van der Waals surface area contributed by atoms with Gasteiger partial charge in [-0.15, -0.1) is 0 Å². The van der Waals surface area contributed by atoms with E-state index in [4.69, 9.17) is 4.74 Å². The zero-order valence-corrected chi connectivity index (χ0v) is 20.6. The number of amides is 2. The third-order valence-corrected chi connectivity index (χ3v) is 8.15. The molecule has 2 amide bonds. The summed E-state index contributed by atoms with van der Waals surface area (Å²) in [5.41, 5.74) is 0.347. The van der Waals surface area contributed by atoms with Crippen LogP contribution in [-0.2, 0) is 32.5 Å². The van der Waals surface area contributed by atoms with Crippen LogP contribution in [-0.4, -0.2) is 54.0 Å². The van der Waals surface area contributed by atoms with E-state index in [-0.39, 0.29) is 31.0 Å². The first-order valence-electron chi connectivity index (χ1n) is 11.7. The monoisotopic (exact) mass is 549 g/mol. The highest BCUT2D eigenvalue weighted by Crippen LogP contribution is 2.30. The number of aromatic amines is 1. The molecule has 1 atom stereocenters. The van der Waals surface area contributed by atoms with Gasteiger partial charge in [-0.2, -0.15) is 9.40 Å². The highest BCUT2D eigenvalue weighted by Gasteiger charge is 2.33. The Labute approximate surface area is 215 Å². The Kier molecular flexibility index (Phi) is 6.94. The first-order valence-corrected chi connectivity index (χ1v) is 13.1. The molecule has 1 fully saturated rings. The number of fused-ring (bicyclic) bond motifs is 1. The van der Waals surface area contributed by atoms with Gasteiger partial charge >= 0.3 is 0 Å². The Morgan fingerprint density at radius 2 is 1.87 bits per heavy atom. The van der Waals surface area contributed by atoms with Crippen molar-refractivity contribution in [2.75, 3.05) is 23.8 Å². The van der Waals surface area contributed by atoms with Gasteiger partial charge in [0, 0.05) is 43.4 Å². The van der Waals surface area contributed by atoms with Crippen molar-refractivity contribution in [1.82, 2.24) is 14.5 Å². The number of sulfonamides is 1. The predicted molar refractivity (Wildman–Crippen MR) is 128 cm³/mol. The van der Waals surface area contributed by atoms with Crippen molar-refractivity contribution in [3.63, 3.8) is 0 Å². The fraction of sp³-hybridized carbons (Fsp3) is 0.292. The van der Waals surface area contributed by atoms with Crippen LogP contribution in [0.15, 0.2) is 41.3 Å². The van der Waals surface area contributed by atoms with E-state index in [1.165, 1.54) is 12.1 Å². The maximum absolute atomic E-state index is 14.7. The Hall–Kier alpha value is -3.75. The Morgan fingerprint density at radius 3 is 2.58 bits per heavy atom. The van der Waals surface area contributed by atoms with Crippen molar-refractivity contribution in [3.05, 3.63) is 70.7 Å². The summed E-state index contributed by atoms with van der Waals surface area (Å²) in [7, 11) is -4.28. The fourth-order valence-corrected chi connectivity index (χ4v) is 5.88. The molecule has 2 aliphatic rings. The minimum atomic E-state index is -4.28. The van der Waals surface area contributed by atoms with Crippen molar-refractivity contribution in [3.8, 4) is 0 Å². The molecule has 0 saturated carbocycles. The molecular formula is C24H22F3N5O5S. The van der Waals surface area contributed by atoms with Gasteiger partial charge in [0.1, 0.15) is 23.6 Å². The number of carbonyl (C=O) groups excluding carboxylic acids is 2. The van der Waals surface area contributed by atoms with Crippen LogP contribution in [0.3, 0.4) is 0 Å². The highest BCUT2D eigenvalue weighted by molar-refractivity contribution is 7.89. The summed E-state index contributed by atoms with van der Waals surface area (Å²) in [4.78, 5) is 25.0. The number of carbonyl (C=O) groups is 2. The molecule has 200 valence electrons. The molecule has 0 radical (unpaired) electrons. The Bertz CT molecular complexity index is 1500. The Morgan fingerprint density at radius 1 is 1.11 bits per heavy atom. The van der Waals surface area contributed by atoms with Crippen LogP contribution in [0, 0.1) is 17.5 Å². The third kappa shape index (κ3) is 5.01. The van der Waals surface area contributed by atoms with E-state index in [2.05, 4.69) is 20.8 Å². The Balaban J connectivity index is 1.38. The minimum absolute atomic E-state index is 0.00419. The van der Waals surface area contributed by atoms with Gasteiger partial charge in [-0.3, -0.25) is 14.7 Å². The maximum atomic E-state index is 14.7. The average Bonchev–Trinajstić information content (AvgIpc) is 3.54. The molecule has 0 bridgehead atoms. The van der Waals surface area contributed by atoms with E-state index in [1.54, 1.807) is 0 Å². The number of hydrogen-bond donors (Lipinski definition) is 3. The lowest BCUT2D eigenvalue weighted by atomic mass is 10.1. The van der Waals surface area contributed by atoms with E-state index < -0.39 is 55.9 Å². The SMILES string of the molecule is O=C(Nc1n[nH]c2c1CN(S(=O)(=O)c1cc(F)cc(F)c1)CC2)c1c(F)cccc1NC(=O)[C@H]1CCCO1. The van der Waals surface area contributed by atoms with Crippen LogP contribution in [0.2, 0.25) is 0 Å². The van der Waals surface area contributed by atoms with Crippen LogP contribution in [0.4, 0.5) is 24.7 Å². The maximum Gasteiger partial charge on any atom is 0.261 e. The largest absolute Gasteiger partial charge is 0.368 e. The van der Waals surface area contributed by atoms with Crippen molar-refractivity contribution in [2.45, 2.75) is 36.8 Å².